The molecule has 33 heavy (non-hydrogen) atoms. The summed E-state index contributed by atoms with van der Waals surface area (Å²) in [5, 5.41) is 1.52. The number of nitrogens with one attached hydrogen (secondary N) is 1. The van der Waals surface area contributed by atoms with Gasteiger partial charge in [-0.05, 0) is 35.2 Å². The Morgan fingerprint density at radius 3 is 2.30 bits per heavy atom. The van der Waals surface area contributed by atoms with E-state index >= 15 is 0 Å². The van der Waals surface area contributed by atoms with Gasteiger partial charge in [-0.25, -0.2) is 15.4 Å². The van der Waals surface area contributed by atoms with E-state index in [1.54, 1.807) is 6.08 Å². The topological polar surface area (TPSA) is 57.2 Å². The monoisotopic (exact) mass is 438 g/mol. The molecule has 0 radical (unpaired) electrons. The second-order valence-electron chi connectivity index (χ2n) is 7.97. The number of hydrogen-bond acceptors (Lipinski definition) is 5. The SMILES string of the molecule is O=C1C=C(c2ccccc2)N(CCc2ccc(OCCc3ccccc3)cc2)C2=NCNN12. The lowest BCUT2D eigenvalue weighted by Crippen LogP contribution is -2.52. The highest BCUT2D eigenvalue weighted by molar-refractivity contribution is 6.12. The summed E-state index contributed by atoms with van der Waals surface area (Å²) in [6.45, 7) is 1.76. The zero-order valence-corrected chi connectivity index (χ0v) is 18.4. The molecule has 3 aromatic carbocycles. The molecule has 0 aromatic heterocycles. The predicted molar refractivity (Wildman–Crippen MR) is 129 cm³/mol. The summed E-state index contributed by atoms with van der Waals surface area (Å²) >= 11 is 0. The Bertz CT molecular complexity index is 1160. The maximum atomic E-state index is 12.6. The van der Waals surface area contributed by atoms with E-state index in [1.807, 2.05) is 60.7 Å². The smallest absolute Gasteiger partial charge is 0.270 e. The first-order valence-corrected chi connectivity index (χ1v) is 11.2. The molecule has 0 atom stereocenters. The van der Waals surface area contributed by atoms with Crippen molar-refractivity contribution in [3.05, 3.63) is 108 Å². The number of aliphatic imine (C=N–C) groups is 1. The largest absolute Gasteiger partial charge is 0.493 e. The second kappa shape index (κ2) is 9.71. The minimum atomic E-state index is -0.0987. The van der Waals surface area contributed by atoms with Gasteiger partial charge in [0.2, 0.25) is 5.96 Å². The molecule has 0 unspecified atom stereocenters. The standard InChI is InChI=1S/C27H26N4O2/c32-26-19-25(23-9-5-2-6-10-23)30(27-28-20-29-31(26)27)17-15-22-11-13-24(14-12-22)33-18-16-21-7-3-1-4-8-21/h1-14,19,29H,15-18,20H2. The third-order valence-corrected chi connectivity index (χ3v) is 5.78. The Morgan fingerprint density at radius 1 is 0.848 bits per heavy atom. The van der Waals surface area contributed by atoms with E-state index in [2.05, 4.69) is 39.6 Å². The van der Waals surface area contributed by atoms with Crippen molar-refractivity contribution in [3.63, 3.8) is 0 Å². The number of hydrogen-bond donors (Lipinski definition) is 1. The fraction of sp³-hybridized carbons (Fsp3) is 0.185. The lowest BCUT2D eigenvalue weighted by Gasteiger charge is -2.34. The number of ether oxygens (including phenoxy) is 1. The first-order valence-electron chi connectivity index (χ1n) is 11.2. The van der Waals surface area contributed by atoms with Crippen LogP contribution in [-0.4, -0.2) is 41.6 Å². The summed E-state index contributed by atoms with van der Waals surface area (Å²) in [5.74, 6) is 1.43. The number of nitrogens with zero attached hydrogens (tertiary/aromatic N) is 3. The maximum Gasteiger partial charge on any atom is 0.270 e. The predicted octanol–water partition coefficient (Wildman–Crippen LogP) is 3.87. The lowest BCUT2D eigenvalue weighted by atomic mass is 10.1. The Labute approximate surface area is 193 Å². The molecule has 2 aliphatic heterocycles. The third kappa shape index (κ3) is 4.81. The van der Waals surface area contributed by atoms with Gasteiger partial charge in [-0.2, -0.15) is 0 Å². The molecule has 1 amide bonds. The van der Waals surface area contributed by atoms with Crippen molar-refractivity contribution in [2.75, 3.05) is 19.8 Å². The zero-order valence-electron chi connectivity index (χ0n) is 18.4. The highest BCUT2D eigenvalue weighted by Gasteiger charge is 2.34. The number of amides is 1. The van der Waals surface area contributed by atoms with Gasteiger partial charge in [-0.1, -0.05) is 72.8 Å². The maximum absolute atomic E-state index is 12.6. The van der Waals surface area contributed by atoms with Crippen LogP contribution in [0.2, 0.25) is 0 Å². The van der Waals surface area contributed by atoms with Crippen molar-refractivity contribution in [2.45, 2.75) is 12.8 Å². The highest BCUT2D eigenvalue weighted by Crippen LogP contribution is 2.26. The van der Waals surface area contributed by atoms with Crippen LogP contribution in [0.1, 0.15) is 16.7 Å². The Morgan fingerprint density at radius 2 is 1.55 bits per heavy atom. The lowest BCUT2D eigenvalue weighted by molar-refractivity contribution is -0.124. The van der Waals surface area contributed by atoms with E-state index in [0.717, 1.165) is 29.9 Å². The Balaban J connectivity index is 1.24. The molecule has 0 bridgehead atoms. The van der Waals surface area contributed by atoms with E-state index in [4.69, 9.17) is 4.74 Å². The highest BCUT2D eigenvalue weighted by atomic mass is 16.5. The van der Waals surface area contributed by atoms with Crippen LogP contribution in [0, 0.1) is 0 Å². The second-order valence-corrected chi connectivity index (χ2v) is 7.97. The van der Waals surface area contributed by atoms with Crippen LogP contribution in [0.25, 0.3) is 5.70 Å². The minimum absolute atomic E-state index is 0.0987. The van der Waals surface area contributed by atoms with Gasteiger partial charge in [-0.3, -0.25) is 4.79 Å². The summed E-state index contributed by atoms with van der Waals surface area (Å²) in [6.07, 6.45) is 3.38. The molecule has 1 N–H and O–H groups in total. The van der Waals surface area contributed by atoms with Crippen LogP contribution in [-0.2, 0) is 17.6 Å². The average molecular weight is 439 g/mol. The van der Waals surface area contributed by atoms with Gasteiger partial charge in [0.05, 0.1) is 12.3 Å². The molecule has 6 heteroatoms. The van der Waals surface area contributed by atoms with E-state index < -0.39 is 0 Å². The fourth-order valence-electron chi connectivity index (χ4n) is 4.06. The van der Waals surface area contributed by atoms with Gasteiger partial charge >= 0.3 is 0 Å². The van der Waals surface area contributed by atoms with Crippen molar-refractivity contribution in [2.24, 2.45) is 4.99 Å². The fourth-order valence-corrected chi connectivity index (χ4v) is 4.06. The van der Waals surface area contributed by atoms with Crippen LogP contribution in [0.5, 0.6) is 5.75 Å². The van der Waals surface area contributed by atoms with Crippen molar-refractivity contribution < 1.29 is 9.53 Å². The van der Waals surface area contributed by atoms with Crippen LogP contribution in [0.15, 0.2) is 96.0 Å². The molecule has 0 saturated carbocycles. The van der Waals surface area contributed by atoms with Crippen LogP contribution in [0.3, 0.4) is 0 Å². The average Bonchev–Trinajstić information content (AvgIpc) is 3.36. The first-order chi connectivity index (χ1) is 16.3. The molecule has 0 spiro atoms. The summed E-state index contributed by atoms with van der Waals surface area (Å²) in [5.41, 5.74) is 7.38. The summed E-state index contributed by atoms with van der Waals surface area (Å²) in [7, 11) is 0. The summed E-state index contributed by atoms with van der Waals surface area (Å²) < 4.78 is 5.91. The molecule has 166 valence electrons. The van der Waals surface area contributed by atoms with Crippen molar-refractivity contribution in [3.8, 4) is 5.75 Å². The molecule has 2 aliphatic rings. The van der Waals surface area contributed by atoms with Gasteiger partial charge in [0, 0.05) is 19.0 Å². The van der Waals surface area contributed by atoms with Gasteiger partial charge in [0.25, 0.3) is 5.91 Å². The third-order valence-electron chi connectivity index (χ3n) is 5.78. The van der Waals surface area contributed by atoms with E-state index in [-0.39, 0.29) is 5.91 Å². The van der Waals surface area contributed by atoms with Crippen molar-refractivity contribution in [1.29, 1.82) is 0 Å². The molecule has 2 heterocycles. The van der Waals surface area contributed by atoms with Crippen molar-refractivity contribution >= 4 is 17.6 Å². The van der Waals surface area contributed by atoms with Crippen molar-refractivity contribution in [1.82, 2.24) is 15.3 Å². The number of fused-ring (bicyclic) bond motifs is 1. The molecular weight excluding hydrogens is 412 g/mol. The normalized spacial score (nSPS) is 15.2. The van der Waals surface area contributed by atoms with Gasteiger partial charge < -0.3 is 9.64 Å². The minimum Gasteiger partial charge on any atom is -0.493 e. The first kappa shape index (κ1) is 21.0. The van der Waals surface area contributed by atoms with Crippen LogP contribution < -0.4 is 10.2 Å². The molecular formula is C27H26N4O2. The molecule has 6 nitrogen and oxygen atoms in total. The Hall–Kier alpha value is -3.90. The molecule has 0 fully saturated rings. The molecule has 0 aliphatic carbocycles. The number of carbonyl (C=O) groups is 1. The van der Waals surface area contributed by atoms with Gasteiger partial charge in [0.15, 0.2) is 0 Å². The Kier molecular flexibility index (Phi) is 6.17. The number of guanidine groups is 1. The zero-order chi connectivity index (χ0) is 22.5. The number of hydrazine groups is 1. The number of rotatable bonds is 8. The summed E-state index contributed by atoms with van der Waals surface area (Å²) in [4.78, 5) is 19.2. The van der Waals surface area contributed by atoms with Crippen LogP contribution in [0.4, 0.5) is 0 Å². The number of benzene rings is 3. The van der Waals surface area contributed by atoms with Gasteiger partial charge in [-0.15, -0.1) is 0 Å². The van der Waals surface area contributed by atoms with E-state index in [9.17, 15) is 4.79 Å². The van der Waals surface area contributed by atoms with Crippen LogP contribution >= 0.6 is 0 Å². The van der Waals surface area contributed by atoms with Gasteiger partial charge in [0.1, 0.15) is 12.4 Å². The van der Waals surface area contributed by atoms with E-state index in [0.29, 0.717) is 25.8 Å². The number of carbonyl (C=O) groups excluding carboxylic acids is 1. The van der Waals surface area contributed by atoms with E-state index in [1.165, 1.54) is 16.1 Å². The molecule has 0 saturated heterocycles. The molecule has 3 aromatic rings. The molecule has 5 rings (SSSR count). The quantitative estimate of drug-likeness (QED) is 0.580. The summed E-state index contributed by atoms with van der Waals surface area (Å²) in [6, 6.07) is 28.6.